The number of rotatable bonds is 7. The number of aromatic nitrogens is 2. The third-order valence-corrected chi connectivity index (χ3v) is 13.0. The van der Waals surface area contributed by atoms with E-state index in [0.717, 1.165) is 61.4 Å². The van der Waals surface area contributed by atoms with Crippen molar-refractivity contribution in [2.75, 3.05) is 16.5 Å². The maximum atomic E-state index is 9.33. The van der Waals surface area contributed by atoms with E-state index >= 15 is 0 Å². The summed E-state index contributed by atoms with van der Waals surface area (Å²) < 4.78 is 91.9. The average Bonchev–Trinajstić information content (AvgIpc) is 3.92. The van der Waals surface area contributed by atoms with Gasteiger partial charge in [0, 0.05) is 33.8 Å². The fraction of sp³-hybridized carbons (Fsp3) is 0.217. The molecule has 0 radical (unpaired) electrons. The summed E-state index contributed by atoms with van der Waals surface area (Å²) >= 11 is 0. The molecule has 4 nitrogen and oxygen atoms in total. The fourth-order valence-electron chi connectivity index (χ4n) is 9.38. The van der Waals surface area contributed by atoms with Crippen molar-refractivity contribution in [2.24, 2.45) is 0 Å². The number of pyridine rings is 1. The summed E-state index contributed by atoms with van der Waals surface area (Å²) in [6, 6.07) is 29.3. The largest absolute Gasteiger partial charge is 0.321 e. The molecule has 1 aliphatic rings. The van der Waals surface area contributed by atoms with Crippen LogP contribution in [0, 0.1) is 20.8 Å². The first kappa shape index (κ1) is 31.0. The van der Waals surface area contributed by atoms with Crippen molar-refractivity contribution in [3.63, 3.8) is 0 Å². The predicted octanol–water partition coefficient (Wildman–Crippen LogP) is 15.9. The molecule has 0 saturated heterocycles. The minimum atomic E-state index is -0.532. The Bertz CT molecular complexity index is 3670. The minimum Gasteiger partial charge on any atom is -0.321 e. The van der Waals surface area contributed by atoms with Gasteiger partial charge in [0.25, 0.3) is 0 Å². The normalized spacial score (nSPS) is 15.2. The second kappa shape index (κ2) is 15.7. The van der Waals surface area contributed by atoms with E-state index in [-0.39, 0.29) is 28.6 Å². The van der Waals surface area contributed by atoms with E-state index in [4.69, 9.17) is 13.2 Å². The van der Waals surface area contributed by atoms with E-state index in [1.165, 1.54) is 5.56 Å². The molecule has 0 N–H and O–H groups in total. The molecule has 4 heteroatoms. The van der Waals surface area contributed by atoms with Gasteiger partial charge < -0.3 is 9.80 Å². The van der Waals surface area contributed by atoms with E-state index in [1.807, 2.05) is 56.1 Å². The van der Waals surface area contributed by atoms with Crippen molar-refractivity contribution in [2.45, 2.75) is 79.6 Å². The Morgan fingerprint density at radius 1 is 0.547 bits per heavy atom. The third-order valence-electron chi connectivity index (χ3n) is 13.0. The Labute approximate surface area is 393 Å². The molecule has 9 aromatic rings. The van der Waals surface area contributed by atoms with Gasteiger partial charge in [0.05, 0.1) is 41.8 Å². The molecule has 10 rings (SSSR count). The van der Waals surface area contributed by atoms with E-state index in [0.29, 0.717) is 39.9 Å². The zero-order valence-corrected chi connectivity index (χ0v) is 38.0. The van der Waals surface area contributed by atoms with Gasteiger partial charge in [0.15, 0.2) is 0 Å². The van der Waals surface area contributed by atoms with Gasteiger partial charge in [0.2, 0.25) is 0 Å². The SMILES string of the molecule is [2H]c1c([2H])c([2H])c(-c2c(C)c(C)c(C)c(-c3c([2H])c([2H])c([2H])c([2H])c3[2H])c2N2CN(c3cc(Cc4ccc5c6ccccc6n(-c6cc(C(C)(C)C)ccn6)c5c4)cc(C(C)(C)C)c3)c3ccccc32)c([2H])c1[2H]. The molecule has 3 heterocycles. The van der Waals surface area contributed by atoms with Gasteiger partial charge in [-0.1, -0.05) is 150 Å². The number of hydrogen-bond donors (Lipinski definition) is 0. The molecule has 0 atom stereocenters. The fourth-order valence-corrected chi connectivity index (χ4v) is 9.38. The molecule has 7 aromatic carbocycles. The molecule has 64 heavy (non-hydrogen) atoms. The van der Waals surface area contributed by atoms with Gasteiger partial charge in [0.1, 0.15) is 12.5 Å². The Morgan fingerprint density at radius 2 is 1.14 bits per heavy atom. The minimum absolute atomic E-state index is 0.0399. The van der Waals surface area contributed by atoms with Crippen LogP contribution in [-0.2, 0) is 17.3 Å². The van der Waals surface area contributed by atoms with E-state index in [2.05, 4.69) is 124 Å². The lowest BCUT2D eigenvalue weighted by atomic mass is 9.85. The molecule has 0 saturated carbocycles. The van der Waals surface area contributed by atoms with Crippen LogP contribution in [0.1, 0.15) is 94.2 Å². The summed E-state index contributed by atoms with van der Waals surface area (Å²) in [5, 5.41) is 2.28. The van der Waals surface area contributed by atoms with Crippen LogP contribution in [0.3, 0.4) is 0 Å². The van der Waals surface area contributed by atoms with Crippen molar-refractivity contribution in [3.8, 4) is 28.1 Å². The Balaban J connectivity index is 1.18. The first-order valence-corrected chi connectivity index (χ1v) is 22.0. The first-order valence-electron chi connectivity index (χ1n) is 27.0. The van der Waals surface area contributed by atoms with Crippen LogP contribution in [-0.4, -0.2) is 16.2 Å². The lowest BCUT2D eigenvalue weighted by molar-refractivity contribution is 0.588. The van der Waals surface area contributed by atoms with Crippen LogP contribution in [0.4, 0.5) is 22.7 Å². The van der Waals surface area contributed by atoms with Gasteiger partial charge in [-0.25, -0.2) is 4.98 Å². The van der Waals surface area contributed by atoms with Crippen molar-refractivity contribution in [1.29, 1.82) is 0 Å². The number of hydrogen-bond acceptors (Lipinski definition) is 3. The van der Waals surface area contributed by atoms with E-state index < -0.39 is 60.4 Å². The van der Waals surface area contributed by atoms with E-state index in [9.17, 15) is 5.48 Å². The molecule has 0 aliphatic carbocycles. The van der Waals surface area contributed by atoms with Gasteiger partial charge in [-0.05, 0) is 137 Å². The van der Waals surface area contributed by atoms with Crippen LogP contribution in [0.5, 0.6) is 0 Å². The van der Waals surface area contributed by atoms with E-state index in [1.54, 1.807) is 0 Å². The average molecular weight is 845 g/mol. The smallest absolute Gasteiger partial charge is 0.137 e. The first-order chi connectivity index (χ1) is 34.9. The summed E-state index contributed by atoms with van der Waals surface area (Å²) in [7, 11) is 0. The summed E-state index contributed by atoms with van der Waals surface area (Å²) in [4.78, 5) is 9.13. The van der Waals surface area contributed by atoms with Crippen LogP contribution >= 0.6 is 0 Å². The Morgan fingerprint density at radius 3 is 1.78 bits per heavy atom. The van der Waals surface area contributed by atoms with Gasteiger partial charge >= 0.3 is 0 Å². The molecular formula is C60H58N4. The highest BCUT2D eigenvalue weighted by Gasteiger charge is 2.34. The number of nitrogens with zero attached hydrogens (tertiary/aromatic N) is 4. The maximum Gasteiger partial charge on any atom is 0.137 e. The van der Waals surface area contributed by atoms with Crippen LogP contribution in [0.2, 0.25) is 0 Å². The third kappa shape index (κ3) is 7.15. The Hall–Kier alpha value is -6.91. The van der Waals surface area contributed by atoms with Gasteiger partial charge in [-0.3, -0.25) is 4.57 Å². The quantitative estimate of drug-likeness (QED) is 0.160. The van der Waals surface area contributed by atoms with Crippen molar-refractivity contribution >= 4 is 44.6 Å². The second-order valence-corrected chi connectivity index (χ2v) is 19.1. The number of para-hydroxylation sites is 3. The summed E-state index contributed by atoms with van der Waals surface area (Å²) in [6.45, 7) is 18.9. The molecular weight excluding hydrogens is 777 g/mol. The highest BCUT2D eigenvalue weighted by atomic mass is 15.4. The highest BCUT2D eigenvalue weighted by Crippen LogP contribution is 2.53. The van der Waals surface area contributed by atoms with Gasteiger partial charge in [-0.2, -0.15) is 0 Å². The monoisotopic (exact) mass is 845 g/mol. The number of anilines is 4. The molecule has 318 valence electrons. The zero-order chi connectivity index (χ0) is 53.2. The molecule has 0 unspecified atom stereocenters. The van der Waals surface area contributed by atoms with Crippen LogP contribution in [0.25, 0.3) is 49.9 Å². The number of benzene rings is 7. The summed E-state index contributed by atoms with van der Waals surface area (Å²) in [5.41, 5.74) is 11.7. The van der Waals surface area contributed by atoms with Crippen molar-refractivity contribution in [1.82, 2.24) is 9.55 Å². The van der Waals surface area contributed by atoms with Gasteiger partial charge in [-0.15, -0.1) is 0 Å². The molecule has 2 aromatic heterocycles. The standard InChI is InChI=1S/C60H58N4/c1-39-40(2)56(44-20-12-10-13-21-44)58(57(41(39)3)45-22-14-11-15-23-45)63-38-62(52-26-18-19-27-53(52)63)48-34-43(33-47(36-48)60(7,8)9)32-42-28-29-50-49-24-16-17-25-51(49)64(54(50)35-42)55-37-46(30-31-61-55)59(4,5)6/h10-31,33-37H,32,38H2,1-9H3/i10D,11D,12D,13D,14D,15D,20D,21D,22D,23D. The maximum absolute atomic E-state index is 9.33. The molecule has 0 spiro atoms. The Kier molecular flexibility index (Phi) is 7.62. The molecule has 0 fully saturated rings. The van der Waals surface area contributed by atoms with Crippen LogP contribution < -0.4 is 9.80 Å². The lowest BCUT2D eigenvalue weighted by Crippen LogP contribution is -2.26. The van der Waals surface area contributed by atoms with Crippen LogP contribution in [0.15, 0.2) is 164 Å². The second-order valence-electron chi connectivity index (χ2n) is 19.1. The number of fused-ring (bicyclic) bond motifs is 4. The van der Waals surface area contributed by atoms with Crippen molar-refractivity contribution in [3.05, 3.63) is 203 Å². The summed E-state index contributed by atoms with van der Waals surface area (Å²) in [6.07, 6.45) is 2.50. The molecule has 1 aliphatic heterocycles. The molecule has 0 bridgehead atoms. The summed E-state index contributed by atoms with van der Waals surface area (Å²) in [5.74, 6) is 0.860. The topological polar surface area (TPSA) is 24.3 Å². The zero-order valence-electron chi connectivity index (χ0n) is 48.0. The molecule has 0 amide bonds. The lowest BCUT2D eigenvalue weighted by Gasteiger charge is -2.31. The predicted molar refractivity (Wildman–Crippen MR) is 272 cm³/mol. The highest BCUT2D eigenvalue weighted by molar-refractivity contribution is 6.09. The van der Waals surface area contributed by atoms with Crippen molar-refractivity contribution < 1.29 is 13.7 Å².